The zero-order valence-electron chi connectivity index (χ0n) is 16.1. The van der Waals surface area contributed by atoms with Crippen molar-refractivity contribution in [1.29, 1.82) is 0 Å². The van der Waals surface area contributed by atoms with E-state index in [2.05, 4.69) is 16.3 Å². The molecule has 0 saturated heterocycles. The van der Waals surface area contributed by atoms with Crippen molar-refractivity contribution >= 4 is 41.5 Å². The van der Waals surface area contributed by atoms with Crippen LogP contribution in [0.4, 0.5) is 0 Å². The lowest BCUT2D eigenvalue weighted by Gasteiger charge is -2.26. The molecule has 0 radical (unpaired) electrons. The number of fused-ring (bicyclic) bond motifs is 1. The van der Waals surface area contributed by atoms with E-state index in [0.717, 1.165) is 35.2 Å². The second-order valence-electron chi connectivity index (χ2n) is 6.98. The predicted octanol–water partition coefficient (Wildman–Crippen LogP) is 3.53. The van der Waals surface area contributed by atoms with Crippen molar-refractivity contribution in [3.05, 3.63) is 58.4 Å². The van der Waals surface area contributed by atoms with Gasteiger partial charge in [-0.25, -0.2) is 4.99 Å². The first-order valence-corrected chi connectivity index (χ1v) is 9.41. The third kappa shape index (κ3) is 4.97. The summed E-state index contributed by atoms with van der Waals surface area (Å²) in [6.07, 6.45) is 3.51. The average Bonchev–Trinajstić information content (AvgIpc) is 3.11. The summed E-state index contributed by atoms with van der Waals surface area (Å²) in [5, 5.41) is 15.2. The third-order valence-corrected chi connectivity index (χ3v) is 5.19. The molecule has 1 atom stereocenters. The van der Waals surface area contributed by atoms with Crippen molar-refractivity contribution in [1.82, 2.24) is 14.8 Å². The van der Waals surface area contributed by atoms with Gasteiger partial charge in [-0.1, -0.05) is 35.9 Å². The number of aliphatic imine (C=N–C) groups is 1. The van der Waals surface area contributed by atoms with Crippen LogP contribution < -0.4 is 5.32 Å². The lowest BCUT2D eigenvalue weighted by Crippen LogP contribution is -2.40. The Labute approximate surface area is 183 Å². The molecular weight excluding hydrogens is 475 g/mol. The molecule has 0 saturated carbocycles. The second-order valence-corrected chi connectivity index (χ2v) is 7.41. The number of hydrogen-bond acceptors (Lipinski definition) is 2. The monoisotopic (exact) mass is 502 g/mol. The van der Waals surface area contributed by atoms with Gasteiger partial charge in [0, 0.05) is 32.5 Å². The number of aryl methyl sites for hydroxylation is 2. The van der Waals surface area contributed by atoms with Crippen LogP contribution in [-0.2, 0) is 25.6 Å². The minimum absolute atomic E-state index is 0. The normalized spacial score (nSPS) is 18.8. The van der Waals surface area contributed by atoms with Gasteiger partial charge >= 0.3 is 0 Å². The van der Waals surface area contributed by atoms with Gasteiger partial charge in [-0.2, -0.15) is 0 Å². The van der Waals surface area contributed by atoms with Crippen molar-refractivity contribution < 1.29 is 5.11 Å². The van der Waals surface area contributed by atoms with E-state index in [1.54, 1.807) is 0 Å². The molecular formula is C20H28ClIN4O. The highest BCUT2D eigenvalue weighted by Gasteiger charge is 2.36. The number of benzene rings is 1. The quantitative estimate of drug-likeness (QED) is 0.374. The van der Waals surface area contributed by atoms with Gasteiger partial charge in [0.05, 0.1) is 18.1 Å². The summed E-state index contributed by atoms with van der Waals surface area (Å²) >= 11 is 6.09. The molecule has 1 heterocycles. The van der Waals surface area contributed by atoms with E-state index in [1.807, 2.05) is 56.0 Å². The summed E-state index contributed by atoms with van der Waals surface area (Å²) in [5.74, 6) is 0.780. The van der Waals surface area contributed by atoms with Gasteiger partial charge in [-0.05, 0) is 37.0 Å². The molecule has 1 aromatic carbocycles. The van der Waals surface area contributed by atoms with Gasteiger partial charge in [-0.3, -0.25) is 0 Å². The van der Waals surface area contributed by atoms with Crippen molar-refractivity contribution in [2.24, 2.45) is 12.0 Å². The van der Waals surface area contributed by atoms with Crippen LogP contribution in [0.2, 0.25) is 5.02 Å². The summed E-state index contributed by atoms with van der Waals surface area (Å²) in [7, 11) is 3.98. The van der Waals surface area contributed by atoms with E-state index < -0.39 is 5.60 Å². The molecule has 2 N–H and O–H groups in total. The number of aliphatic hydroxyl groups is 1. The number of hydrogen-bond donors (Lipinski definition) is 2. The largest absolute Gasteiger partial charge is 0.383 e. The van der Waals surface area contributed by atoms with Crippen LogP contribution in [0, 0.1) is 0 Å². The number of aromatic nitrogens is 1. The lowest BCUT2D eigenvalue weighted by molar-refractivity contribution is 0.0483. The summed E-state index contributed by atoms with van der Waals surface area (Å²) in [5.41, 5.74) is 2.46. The summed E-state index contributed by atoms with van der Waals surface area (Å²) in [4.78, 5) is 6.79. The van der Waals surface area contributed by atoms with E-state index in [4.69, 9.17) is 16.6 Å². The molecule has 3 rings (SSSR count). The Morgan fingerprint density at radius 2 is 2.15 bits per heavy atom. The smallest absolute Gasteiger partial charge is 0.194 e. The van der Waals surface area contributed by atoms with E-state index >= 15 is 0 Å². The molecule has 0 fully saturated rings. The van der Waals surface area contributed by atoms with Gasteiger partial charge in [0.2, 0.25) is 0 Å². The molecule has 5 nitrogen and oxygen atoms in total. The highest BCUT2D eigenvalue weighted by molar-refractivity contribution is 14.0. The fraction of sp³-hybridized carbons (Fsp3) is 0.450. The van der Waals surface area contributed by atoms with Crippen LogP contribution >= 0.6 is 35.6 Å². The third-order valence-electron chi connectivity index (χ3n) is 4.99. The fourth-order valence-corrected chi connectivity index (χ4v) is 3.82. The zero-order valence-corrected chi connectivity index (χ0v) is 19.2. The summed E-state index contributed by atoms with van der Waals surface area (Å²) in [6.45, 7) is 3.85. The second kappa shape index (κ2) is 9.30. The lowest BCUT2D eigenvalue weighted by atomic mass is 9.96. The number of nitrogens with zero attached hydrogens (tertiary/aromatic N) is 3. The maximum absolute atomic E-state index is 11.1. The Hall–Kier alpha value is -1.25. The number of guanidine groups is 1. The Morgan fingerprint density at radius 1 is 1.41 bits per heavy atom. The van der Waals surface area contributed by atoms with Gasteiger partial charge in [0.15, 0.2) is 5.96 Å². The summed E-state index contributed by atoms with van der Waals surface area (Å²) < 4.78 is 2.02. The molecule has 2 aromatic rings. The molecule has 0 aliphatic heterocycles. The molecule has 0 amide bonds. The first-order valence-electron chi connectivity index (χ1n) is 9.04. The van der Waals surface area contributed by atoms with Crippen LogP contribution in [0.1, 0.15) is 30.2 Å². The van der Waals surface area contributed by atoms with E-state index in [9.17, 15) is 5.11 Å². The molecule has 0 bridgehead atoms. The highest BCUT2D eigenvalue weighted by Crippen LogP contribution is 2.36. The van der Waals surface area contributed by atoms with Gasteiger partial charge in [0.25, 0.3) is 0 Å². The van der Waals surface area contributed by atoms with Gasteiger partial charge in [0.1, 0.15) is 5.60 Å². The summed E-state index contributed by atoms with van der Waals surface area (Å²) in [6, 6.07) is 10.1. The van der Waals surface area contributed by atoms with Gasteiger partial charge < -0.3 is 19.9 Å². The topological polar surface area (TPSA) is 52.8 Å². The molecule has 1 unspecified atom stereocenters. The van der Waals surface area contributed by atoms with Crippen LogP contribution in [0.25, 0.3) is 0 Å². The standard InChI is InChI=1S/C20H27ClN4O.HI/c1-4-22-19(25(3)13-17-11-16(21)12-24(17)2)23-14-20(26)10-9-15-7-5-6-8-18(15)20;/h5-8,11-12,26H,4,9-10,13-14H2,1-3H3,(H,22,23);1H. The maximum Gasteiger partial charge on any atom is 0.194 e. The van der Waals surface area contributed by atoms with Crippen LogP contribution in [0.5, 0.6) is 0 Å². The predicted molar refractivity (Wildman–Crippen MR) is 122 cm³/mol. The maximum atomic E-state index is 11.1. The first kappa shape index (κ1) is 22.0. The highest BCUT2D eigenvalue weighted by atomic mass is 127. The minimum Gasteiger partial charge on any atom is -0.383 e. The average molecular weight is 503 g/mol. The fourth-order valence-electron chi connectivity index (χ4n) is 3.55. The number of halogens is 2. The molecule has 7 heteroatoms. The van der Waals surface area contributed by atoms with Crippen molar-refractivity contribution in [3.8, 4) is 0 Å². The van der Waals surface area contributed by atoms with Crippen LogP contribution in [0.15, 0.2) is 41.5 Å². The minimum atomic E-state index is -0.883. The van der Waals surface area contributed by atoms with E-state index in [1.165, 1.54) is 5.56 Å². The first-order chi connectivity index (χ1) is 12.4. The Kier molecular flexibility index (Phi) is 7.59. The van der Waals surface area contributed by atoms with E-state index in [0.29, 0.717) is 19.5 Å². The Bertz CT molecular complexity index is 807. The van der Waals surface area contributed by atoms with Crippen molar-refractivity contribution in [3.63, 3.8) is 0 Å². The SMILES string of the molecule is CCNC(=NCC1(O)CCc2ccccc21)N(C)Cc1cc(Cl)cn1C.I. The van der Waals surface area contributed by atoms with E-state index in [-0.39, 0.29) is 24.0 Å². The molecule has 27 heavy (non-hydrogen) atoms. The molecule has 1 aliphatic carbocycles. The van der Waals surface area contributed by atoms with Crippen LogP contribution in [-0.4, -0.2) is 40.7 Å². The molecule has 1 aromatic heterocycles. The van der Waals surface area contributed by atoms with Crippen molar-refractivity contribution in [2.75, 3.05) is 20.1 Å². The van der Waals surface area contributed by atoms with Crippen LogP contribution in [0.3, 0.4) is 0 Å². The molecule has 1 aliphatic rings. The Balaban J connectivity index is 0.00000261. The molecule has 0 spiro atoms. The Morgan fingerprint density at radius 3 is 2.81 bits per heavy atom. The number of rotatable bonds is 5. The molecule has 148 valence electrons. The number of nitrogens with one attached hydrogen (secondary N) is 1. The van der Waals surface area contributed by atoms with Crippen molar-refractivity contribution in [2.45, 2.75) is 31.9 Å². The van der Waals surface area contributed by atoms with Gasteiger partial charge in [-0.15, -0.1) is 24.0 Å². The zero-order chi connectivity index (χ0) is 18.7.